The molecule has 0 radical (unpaired) electrons. The Morgan fingerprint density at radius 1 is 1.55 bits per heavy atom. The number of thiazole rings is 1. The average Bonchev–Trinajstić information content (AvgIpc) is 3.15. The summed E-state index contributed by atoms with van der Waals surface area (Å²) >= 11 is 2.75. The molecule has 0 bridgehead atoms. The lowest BCUT2D eigenvalue weighted by atomic mass is 10.1. The van der Waals surface area contributed by atoms with E-state index in [2.05, 4.69) is 25.8 Å². The molecule has 1 amide bonds. The molecule has 0 spiro atoms. The molecule has 1 N–H and O–H groups in total. The van der Waals surface area contributed by atoms with E-state index in [-0.39, 0.29) is 17.7 Å². The molecule has 1 aliphatic heterocycles. The number of tetrazole rings is 1. The first-order valence-corrected chi connectivity index (χ1v) is 8.79. The van der Waals surface area contributed by atoms with Gasteiger partial charge < -0.3 is 10.1 Å². The molecule has 1 aliphatic rings. The van der Waals surface area contributed by atoms with Crippen molar-refractivity contribution in [1.29, 1.82) is 0 Å². The number of thioether (sulfide) groups is 1. The van der Waals surface area contributed by atoms with Crippen molar-refractivity contribution >= 4 is 34.1 Å². The zero-order chi connectivity index (χ0) is 15.4. The van der Waals surface area contributed by atoms with Gasteiger partial charge in [0.05, 0.1) is 17.5 Å². The molecule has 8 nitrogen and oxygen atoms in total. The van der Waals surface area contributed by atoms with Crippen LogP contribution in [0.2, 0.25) is 0 Å². The molecule has 3 rings (SSSR count). The van der Waals surface area contributed by atoms with Crippen molar-refractivity contribution in [3.8, 4) is 0 Å². The number of amides is 1. The zero-order valence-corrected chi connectivity index (χ0v) is 13.7. The third-order valence-corrected chi connectivity index (χ3v) is 5.01. The number of aryl methyl sites for hydroxylation is 1. The lowest BCUT2D eigenvalue weighted by Gasteiger charge is -2.22. The Hall–Kier alpha value is -1.52. The molecule has 1 saturated heterocycles. The second-order valence-corrected chi connectivity index (χ2v) is 6.68. The number of ether oxygens (including phenoxy) is 1. The van der Waals surface area contributed by atoms with Gasteiger partial charge in [0.15, 0.2) is 5.13 Å². The van der Waals surface area contributed by atoms with Crippen LogP contribution < -0.4 is 5.32 Å². The van der Waals surface area contributed by atoms with Gasteiger partial charge in [0.25, 0.3) is 0 Å². The smallest absolute Gasteiger partial charge is 0.236 e. The highest BCUT2D eigenvalue weighted by atomic mass is 32.2. The normalized spacial score (nSPS) is 15.9. The molecule has 2 aromatic heterocycles. The van der Waals surface area contributed by atoms with Crippen LogP contribution in [0.25, 0.3) is 0 Å². The molecule has 3 heterocycles. The highest BCUT2D eigenvalue weighted by Gasteiger charge is 2.21. The maximum absolute atomic E-state index is 11.9. The Bertz CT molecular complexity index is 637. The van der Waals surface area contributed by atoms with Crippen molar-refractivity contribution in [1.82, 2.24) is 25.2 Å². The molecule has 2 aromatic rings. The number of nitrogens with one attached hydrogen (secondary N) is 1. The van der Waals surface area contributed by atoms with Gasteiger partial charge in [0.2, 0.25) is 11.1 Å². The van der Waals surface area contributed by atoms with E-state index < -0.39 is 0 Å². The van der Waals surface area contributed by atoms with Gasteiger partial charge in [-0.15, -0.1) is 16.4 Å². The van der Waals surface area contributed by atoms with E-state index in [1.54, 1.807) is 4.68 Å². The largest absolute Gasteiger partial charge is 0.381 e. The molecule has 0 aliphatic carbocycles. The Balaban J connectivity index is 1.55. The van der Waals surface area contributed by atoms with Gasteiger partial charge in [-0.25, -0.2) is 9.67 Å². The predicted molar refractivity (Wildman–Crippen MR) is 83.1 cm³/mol. The monoisotopic (exact) mass is 340 g/mol. The molecule has 118 valence electrons. The number of anilines is 1. The van der Waals surface area contributed by atoms with E-state index in [9.17, 15) is 4.79 Å². The number of hydrogen-bond acceptors (Lipinski definition) is 8. The standard InChI is InChI=1S/C12H16N6O2S2/c1-8-6-21-11(13-8)14-10(19)7-22-12-15-16-17-18(12)9-2-4-20-5-3-9/h6,9H,2-5,7H2,1H3,(H,13,14,19). The summed E-state index contributed by atoms with van der Waals surface area (Å²) < 4.78 is 7.15. The number of rotatable bonds is 5. The molecule has 0 atom stereocenters. The highest BCUT2D eigenvalue weighted by Crippen LogP contribution is 2.25. The first-order valence-electron chi connectivity index (χ1n) is 6.93. The van der Waals surface area contributed by atoms with Gasteiger partial charge in [-0.3, -0.25) is 4.79 Å². The highest BCUT2D eigenvalue weighted by molar-refractivity contribution is 7.99. The van der Waals surface area contributed by atoms with Crippen LogP contribution >= 0.6 is 23.1 Å². The third-order valence-electron chi connectivity index (χ3n) is 3.20. The summed E-state index contributed by atoms with van der Waals surface area (Å²) in [4.78, 5) is 16.1. The summed E-state index contributed by atoms with van der Waals surface area (Å²) in [6.07, 6.45) is 1.78. The fraction of sp³-hybridized carbons (Fsp3) is 0.583. The van der Waals surface area contributed by atoms with Crippen LogP contribution in [0.3, 0.4) is 0 Å². The van der Waals surface area contributed by atoms with Gasteiger partial charge >= 0.3 is 0 Å². The van der Waals surface area contributed by atoms with Gasteiger partial charge in [-0.2, -0.15) is 0 Å². The maximum atomic E-state index is 11.9. The van der Waals surface area contributed by atoms with Crippen molar-refractivity contribution in [3.05, 3.63) is 11.1 Å². The van der Waals surface area contributed by atoms with E-state index in [1.807, 2.05) is 12.3 Å². The van der Waals surface area contributed by atoms with Crippen LogP contribution in [0.15, 0.2) is 10.5 Å². The van der Waals surface area contributed by atoms with Gasteiger partial charge in [-0.1, -0.05) is 11.8 Å². The molecule has 0 saturated carbocycles. The number of hydrogen-bond donors (Lipinski definition) is 1. The summed E-state index contributed by atoms with van der Waals surface area (Å²) in [5.74, 6) is 0.142. The minimum absolute atomic E-state index is 0.110. The van der Waals surface area contributed by atoms with Crippen LogP contribution in [0.4, 0.5) is 5.13 Å². The summed E-state index contributed by atoms with van der Waals surface area (Å²) in [6.45, 7) is 3.33. The van der Waals surface area contributed by atoms with Crippen molar-refractivity contribution in [3.63, 3.8) is 0 Å². The second kappa shape index (κ2) is 7.16. The maximum Gasteiger partial charge on any atom is 0.236 e. The van der Waals surface area contributed by atoms with E-state index >= 15 is 0 Å². The number of aromatic nitrogens is 5. The summed E-state index contributed by atoms with van der Waals surface area (Å²) in [5, 5.41) is 17.7. The Morgan fingerprint density at radius 3 is 3.09 bits per heavy atom. The fourth-order valence-corrected chi connectivity index (χ4v) is 3.59. The van der Waals surface area contributed by atoms with Crippen LogP contribution in [0.1, 0.15) is 24.6 Å². The van der Waals surface area contributed by atoms with Gasteiger partial charge in [0, 0.05) is 18.6 Å². The molecule has 0 aromatic carbocycles. The van der Waals surface area contributed by atoms with Gasteiger partial charge in [-0.05, 0) is 30.2 Å². The lowest BCUT2D eigenvalue weighted by Crippen LogP contribution is -2.21. The summed E-state index contributed by atoms with van der Waals surface area (Å²) in [5.41, 5.74) is 0.899. The minimum Gasteiger partial charge on any atom is -0.381 e. The molecular weight excluding hydrogens is 324 g/mol. The van der Waals surface area contributed by atoms with Crippen molar-refractivity contribution < 1.29 is 9.53 Å². The van der Waals surface area contributed by atoms with E-state index in [0.717, 1.165) is 31.7 Å². The van der Waals surface area contributed by atoms with Crippen LogP contribution in [-0.2, 0) is 9.53 Å². The second-order valence-electron chi connectivity index (χ2n) is 4.88. The van der Waals surface area contributed by atoms with E-state index in [4.69, 9.17) is 4.74 Å². The third kappa shape index (κ3) is 3.81. The van der Waals surface area contributed by atoms with Crippen molar-refractivity contribution in [2.75, 3.05) is 24.3 Å². The Morgan fingerprint density at radius 2 is 2.36 bits per heavy atom. The van der Waals surface area contributed by atoms with Crippen LogP contribution in [0, 0.1) is 6.92 Å². The molecule has 0 unspecified atom stereocenters. The first-order chi connectivity index (χ1) is 10.7. The number of carbonyl (C=O) groups is 1. The van der Waals surface area contributed by atoms with Crippen LogP contribution in [0.5, 0.6) is 0 Å². The topological polar surface area (TPSA) is 94.8 Å². The zero-order valence-electron chi connectivity index (χ0n) is 12.1. The molecule has 10 heteroatoms. The SMILES string of the molecule is Cc1csc(NC(=O)CSc2nnnn2C2CCOCC2)n1. The van der Waals surface area contributed by atoms with E-state index in [1.165, 1.54) is 23.1 Å². The van der Waals surface area contributed by atoms with Crippen molar-refractivity contribution in [2.24, 2.45) is 0 Å². The first kappa shape index (κ1) is 15.4. The van der Waals surface area contributed by atoms with Crippen LogP contribution in [-0.4, -0.2) is 50.1 Å². The van der Waals surface area contributed by atoms with Crippen molar-refractivity contribution in [2.45, 2.75) is 31.0 Å². The predicted octanol–water partition coefficient (Wildman–Crippen LogP) is 1.52. The minimum atomic E-state index is -0.110. The molecular formula is C12H16N6O2S2. The summed E-state index contributed by atoms with van der Waals surface area (Å²) in [7, 11) is 0. The molecule has 22 heavy (non-hydrogen) atoms. The number of carbonyl (C=O) groups excluding carboxylic acids is 1. The molecule has 1 fully saturated rings. The Kier molecular flexibility index (Phi) is 5.01. The van der Waals surface area contributed by atoms with Gasteiger partial charge in [0.1, 0.15) is 0 Å². The summed E-state index contributed by atoms with van der Waals surface area (Å²) in [6, 6.07) is 0.246. The fourth-order valence-electron chi connectivity index (χ4n) is 2.14. The lowest BCUT2D eigenvalue weighted by molar-refractivity contribution is -0.113. The number of nitrogens with zero attached hydrogens (tertiary/aromatic N) is 5. The quantitative estimate of drug-likeness (QED) is 0.825. The average molecular weight is 340 g/mol. The van der Waals surface area contributed by atoms with E-state index in [0.29, 0.717) is 10.3 Å². The Labute approximate surface area is 135 Å².